The molecule has 0 saturated carbocycles. The number of esters is 2. The lowest BCUT2D eigenvalue weighted by Gasteiger charge is -2.40. The molecule has 8 nitrogen and oxygen atoms in total. The third-order valence-corrected chi connectivity index (χ3v) is 3.80. The van der Waals surface area contributed by atoms with E-state index in [1.165, 1.54) is 26.0 Å². The van der Waals surface area contributed by atoms with E-state index in [0.29, 0.717) is 0 Å². The molecule has 8 heteroatoms. The minimum Gasteiger partial charge on any atom is -0.449 e. The Morgan fingerprint density at radius 1 is 1.00 bits per heavy atom. The maximum absolute atomic E-state index is 11.9. The number of rotatable bonds is 5. The van der Waals surface area contributed by atoms with Gasteiger partial charge in [0, 0.05) is 11.1 Å². The van der Waals surface area contributed by atoms with Gasteiger partial charge in [-0.1, -0.05) is 12.2 Å². The van der Waals surface area contributed by atoms with E-state index in [-0.39, 0.29) is 11.1 Å². The minimum atomic E-state index is -1.59. The van der Waals surface area contributed by atoms with Gasteiger partial charge in [-0.15, -0.1) is 0 Å². The zero-order valence-corrected chi connectivity index (χ0v) is 14.1. The Morgan fingerprint density at radius 3 is 1.96 bits per heavy atom. The molecule has 5 atom stereocenters. The average molecular weight is 344 g/mol. The Morgan fingerprint density at radius 2 is 1.50 bits per heavy atom. The molecule has 0 aromatic rings. The number of hydrogen-bond donors (Lipinski definition) is 3. The van der Waals surface area contributed by atoms with Crippen LogP contribution in [-0.2, 0) is 23.8 Å². The topological polar surface area (TPSA) is 123 Å². The lowest BCUT2D eigenvalue weighted by molar-refractivity contribution is -0.294. The molecular weight excluding hydrogens is 320 g/mol. The fourth-order valence-electron chi connectivity index (χ4n) is 1.93. The van der Waals surface area contributed by atoms with Gasteiger partial charge in [-0.2, -0.15) is 0 Å². The van der Waals surface area contributed by atoms with E-state index in [4.69, 9.17) is 14.2 Å². The van der Waals surface area contributed by atoms with Crippen molar-refractivity contribution in [2.45, 2.75) is 58.4 Å². The molecule has 5 unspecified atom stereocenters. The van der Waals surface area contributed by atoms with Crippen LogP contribution in [-0.4, -0.2) is 64.6 Å². The van der Waals surface area contributed by atoms with Gasteiger partial charge in [0.15, 0.2) is 6.10 Å². The third kappa shape index (κ3) is 4.64. The minimum absolute atomic E-state index is 0.274. The fraction of sp³-hybridized carbons (Fsp3) is 0.625. The van der Waals surface area contributed by atoms with Crippen molar-refractivity contribution >= 4 is 11.9 Å². The van der Waals surface area contributed by atoms with Crippen LogP contribution in [0.1, 0.15) is 27.7 Å². The van der Waals surface area contributed by atoms with Crippen LogP contribution in [0.4, 0.5) is 0 Å². The van der Waals surface area contributed by atoms with Gasteiger partial charge in [0.05, 0.1) is 6.61 Å². The van der Waals surface area contributed by atoms with E-state index < -0.39 is 49.3 Å². The summed E-state index contributed by atoms with van der Waals surface area (Å²) in [5, 5.41) is 29.3. The number of carbonyl (C=O) groups excluding carboxylic acids is 2. The molecule has 1 aliphatic rings. The second-order valence-corrected chi connectivity index (χ2v) is 5.43. The first kappa shape index (κ1) is 20.3. The normalized spacial score (nSPS) is 31.5. The molecule has 1 rings (SSSR count). The molecule has 0 radical (unpaired) electrons. The number of hydrogen-bond acceptors (Lipinski definition) is 8. The summed E-state index contributed by atoms with van der Waals surface area (Å²) in [7, 11) is 0. The molecule has 0 spiro atoms. The summed E-state index contributed by atoms with van der Waals surface area (Å²) in [6.45, 7) is 5.69. The summed E-state index contributed by atoms with van der Waals surface area (Å²) in [6, 6.07) is 0. The van der Waals surface area contributed by atoms with Crippen LogP contribution >= 0.6 is 0 Å². The Labute approximate surface area is 140 Å². The molecule has 24 heavy (non-hydrogen) atoms. The highest BCUT2D eigenvalue weighted by molar-refractivity contribution is 5.88. The van der Waals surface area contributed by atoms with Crippen LogP contribution < -0.4 is 0 Å². The van der Waals surface area contributed by atoms with E-state index in [0.717, 1.165) is 0 Å². The summed E-state index contributed by atoms with van der Waals surface area (Å²) in [6.07, 6.45) is -4.14. The van der Waals surface area contributed by atoms with Gasteiger partial charge in [0.1, 0.15) is 18.3 Å². The molecule has 0 aromatic heterocycles. The van der Waals surface area contributed by atoms with E-state index in [1.807, 2.05) is 0 Å². The quantitative estimate of drug-likeness (QED) is 0.463. The van der Waals surface area contributed by atoms with Crippen molar-refractivity contribution in [3.8, 4) is 0 Å². The number of aliphatic hydroxyl groups excluding tert-OH is 3. The van der Waals surface area contributed by atoms with Crippen molar-refractivity contribution in [1.82, 2.24) is 0 Å². The lowest BCUT2D eigenvalue weighted by atomic mass is 9.99. The molecule has 136 valence electrons. The van der Waals surface area contributed by atoms with Gasteiger partial charge in [-0.25, -0.2) is 9.59 Å². The van der Waals surface area contributed by atoms with E-state index in [1.54, 1.807) is 13.8 Å². The lowest BCUT2D eigenvalue weighted by Crippen LogP contribution is -2.60. The van der Waals surface area contributed by atoms with Gasteiger partial charge in [-0.05, 0) is 27.7 Å². The fourth-order valence-corrected chi connectivity index (χ4v) is 1.93. The van der Waals surface area contributed by atoms with E-state index >= 15 is 0 Å². The third-order valence-electron chi connectivity index (χ3n) is 3.80. The molecule has 1 saturated heterocycles. The highest BCUT2D eigenvalue weighted by Crippen LogP contribution is 2.26. The highest BCUT2D eigenvalue weighted by Gasteiger charge is 2.48. The van der Waals surface area contributed by atoms with Crippen LogP contribution in [0.2, 0.25) is 0 Å². The number of aliphatic hydroxyl groups is 3. The molecule has 0 bridgehead atoms. The Balaban J connectivity index is 3.02. The molecule has 1 fully saturated rings. The zero-order valence-electron chi connectivity index (χ0n) is 14.1. The monoisotopic (exact) mass is 344 g/mol. The van der Waals surface area contributed by atoms with Crippen LogP contribution in [0.3, 0.4) is 0 Å². The van der Waals surface area contributed by atoms with Crippen LogP contribution in [0, 0.1) is 0 Å². The Kier molecular flexibility index (Phi) is 7.56. The first-order chi connectivity index (χ1) is 11.3. The molecule has 3 N–H and O–H groups in total. The molecular formula is C16H24O8. The van der Waals surface area contributed by atoms with Crippen molar-refractivity contribution in [1.29, 1.82) is 0 Å². The largest absolute Gasteiger partial charge is 0.449 e. The highest BCUT2D eigenvalue weighted by atomic mass is 16.7. The number of carbonyl (C=O) groups is 2. The van der Waals surface area contributed by atoms with Gasteiger partial charge in [-0.3, -0.25) is 0 Å². The number of allylic oxidation sites excluding steroid dienone is 2. The predicted octanol–water partition coefficient (Wildman–Crippen LogP) is -0.187. The van der Waals surface area contributed by atoms with Crippen molar-refractivity contribution in [3.05, 3.63) is 23.3 Å². The van der Waals surface area contributed by atoms with Crippen molar-refractivity contribution in [2.75, 3.05) is 6.61 Å². The van der Waals surface area contributed by atoms with Gasteiger partial charge in [0.25, 0.3) is 0 Å². The number of ether oxygens (including phenoxy) is 3. The zero-order chi connectivity index (χ0) is 18.4. The first-order valence-corrected chi connectivity index (χ1v) is 7.57. The molecule has 1 heterocycles. The molecule has 0 aliphatic carbocycles. The second kappa shape index (κ2) is 8.93. The Hall–Kier alpha value is -1.74. The summed E-state index contributed by atoms with van der Waals surface area (Å²) in [5.74, 6) is -1.48. The second-order valence-electron chi connectivity index (χ2n) is 5.43. The van der Waals surface area contributed by atoms with Gasteiger partial charge in [0.2, 0.25) is 6.29 Å². The summed E-state index contributed by atoms with van der Waals surface area (Å²) >= 11 is 0. The molecule has 0 amide bonds. The van der Waals surface area contributed by atoms with Crippen LogP contribution in [0.25, 0.3) is 0 Å². The Bertz CT molecular complexity index is 524. The molecule has 1 aliphatic heterocycles. The van der Waals surface area contributed by atoms with Crippen LogP contribution in [0.5, 0.6) is 0 Å². The van der Waals surface area contributed by atoms with E-state index in [2.05, 4.69) is 0 Å². The average Bonchev–Trinajstić information content (AvgIpc) is 2.58. The standard InChI is InChI=1S/C16H24O8/c1-5-8(3)14(20)23-13-12(19)11(18)10(7-17)22-16(13)24-15(21)9(4)6-2/h5-6,10-13,16-19H,7H2,1-4H3. The maximum Gasteiger partial charge on any atom is 0.335 e. The smallest absolute Gasteiger partial charge is 0.335 e. The van der Waals surface area contributed by atoms with Gasteiger partial charge >= 0.3 is 11.9 Å². The first-order valence-electron chi connectivity index (χ1n) is 7.57. The van der Waals surface area contributed by atoms with Gasteiger partial charge < -0.3 is 29.5 Å². The summed E-state index contributed by atoms with van der Waals surface area (Å²) in [4.78, 5) is 23.8. The molecule has 0 aromatic carbocycles. The maximum atomic E-state index is 11.9. The van der Waals surface area contributed by atoms with E-state index in [9.17, 15) is 24.9 Å². The predicted molar refractivity (Wildman–Crippen MR) is 82.6 cm³/mol. The van der Waals surface area contributed by atoms with Crippen LogP contribution in [0.15, 0.2) is 23.3 Å². The summed E-state index contributed by atoms with van der Waals surface area (Å²) in [5.41, 5.74) is 0.560. The van der Waals surface area contributed by atoms with Crippen molar-refractivity contribution in [2.24, 2.45) is 0 Å². The van der Waals surface area contributed by atoms with Crippen molar-refractivity contribution < 1.29 is 39.1 Å². The SMILES string of the molecule is CC=C(C)C(=O)OC1OC(CO)C(O)C(O)C1OC(=O)C(C)=CC. The summed E-state index contributed by atoms with van der Waals surface area (Å²) < 4.78 is 15.5. The van der Waals surface area contributed by atoms with Crippen molar-refractivity contribution in [3.63, 3.8) is 0 Å².